The number of nitrogens with one attached hydrogen (secondary N) is 1. The standard InChI is InChI=1S/C21H20N2O5/c1-27-18-10-9-12(11-17(18)23(25)26)19-14-6-3-5-13(14)15-7-4-8-16(20(15)22-19)21(24)28-2/h3-5,7-11,13-14,19,22H,6H2,1-2H3/t13-,14-,19-/m1/s1. The van der Waals surface area contributed by atoms with Gasteiger partial charge in [-0.2, -0.15) is 0 Å². The Morgan fingerprint density at radius 1 is 1.25 bits per heavy atom. The molecule has 4 rings (SSSR count). The Labute approximate surface area is 162 Å². The number of nitro benzene ring substituents is 1. The van der Waals surface area contributed by atoms with Crippen LogP contribution in [0.5, 0.6) is 5.75 Å². The molecule has 0 aromatic heterocycles. The summed E-state index contributed by atoms with van der Waals surface area (Å²) >= 11 is 0. The molecule has 7 heteroatoms. The average Bonchev–Trinajstić information content (AvgIpc) is 3.21. The molecule has 144 valence electrons. The number of nitrogens with zero attached hydrogens (tertiary/aromatic N) is 1. The van der Waals surface area contributed by atoms with Crippen LogP contribution in [0.15, 0.2) is 48.6 Å². The van der Waals surface area contributed by atoms with Crippen molar-refractivity contribution in [2.24, 2.45) is 5.92 Å². The number of benzene rings is 2. The van der Waals surface area contributed by atoms with Gasteiger partial charge in [-0.05, 0) is 35.6 Å². The van der Waals surface area contributed by atoms with Crippen molar-refractivity contribution in [2.75, 3.05) is 19.5 Å². The van der Waals surface area contributed by atoms with E-state index < -0.39 is 10.9 Å². The lowest BCUT2D eigenvalue weighted by Crippen LogP contribution is -2.30. The van der Waals surface area contributed by atoms with E-state index in [-0.39, 0.29) is 29.3 Å². The zero-order chi connectivity index (χ0) is 19.8. The number of hydrogen-bond acceptors (Lipinski definition) is 6. The second-order valence-corrected chi connectivity index (χ2v) is 6.93. The Kier molecular flexibility index (Phi) is 4.50. The van der Waals surface area contributed by atoms with Crippen LogP contribution >= 0.6 is 0 Å². The van der Waals surface area contributed by atoms with Gasteiger partial charge >= 0.3 is 11.7 Å². The molecule has 1 N–H and O–H groups in total. The van der Waals surface area contributed by atoms with Crippen LogP contribution in [-0.4, -0.2) is 25.1 Å². The molecular formula is C21H20N2O5. The van der Waals surface area contributed by atoms with Crippen LogP contribution in [0.3, 0.4) is 0 Å². The largest absolute Gasteiger partial charge is 0.490 e. The van der Waals surface area contributed by atoms with Crippen molar-refractivity contribution in [1.29, 1.82) is 0 Å². The molecule has 1 aliphatic heterocycles. The van der Waals surface area contributed by atoms with E-state index in [4.69, 9.17) is 9.47 Å². The minimum Gasteiger partial charge on any atom is -0.490 e. The smallest absolute Gasteiger partial charge is 0.339 e. The molecular weight excluding hydrogens is 360 g/mol. The zero-order valence-corrected chi connectivity index (χ0v) is 15.5. The normalized spacial score (nSPS) is 22.0. The maximum absolute atomic E-state index is 12.3. The number of carbonyl (C=O) groups is 1. The Morgan fingerprint density at radius 2 is 2.07 bits per heavy atom. The molecule has 0 amide bonds. The van der Waals surface area contributed by atoms with Crippen LogP contribution < -0.4 is 10.1 Å². The summed E-state index contributed by atoms with van der Waals surface area (Å²) in [4.78, 5) is 23.3. The van der Waals surface area contributed by atoms with Crippen molar-refractivity contribution in [3.63, 3.8) is 0 Å². The van der Waals surface area contributed by atoms with Crippen molar-refractivity contribution in [3.05, 3.63) is 75.4 Å². The van der Waals surface area contributed by atoms with Gasteiger partial charge in [0, 0.05) is 12.0 Å². The number of hydrogen-bond donors (Lipinski definition) is 1. The fraction of sp³-hybridized carbons (Fsp3) is 0.286. The molecule has 0 unspecified atom stereocenters. The molecule has 0 saturated heterocycles. The Bertz CT molecular complexity index is 985. The molecule has 2 aromatic rings. The number of ether oxygens (including phenoxy) is 2. The van der Waals surface area contributed by atoms with E-state index in [1.807, 2.05) is 18.2 Å². The van der Waals surface area contributed by atoms with Gasteiger partial charge in [-0.25, -0.2) is 4.79 Å². The fourth-order valence-corrected chi connectivity index (χ4v) is 4.27. The van der Waals surface area contributed by atoms with Gasteiger partial charge in [0.25, 0.3) is 0 Å². The minimum atomic E-state index is -0.441. The first-order valence-corrected chi connectivity index (χ1v) is 9.02. The van der Waals surface area contributed by atoms with E-state index in [2.05, 4.69) is 17.5 Å². The average molecular weight is 380 g/mol. The number of anilines is 1. The van der Waals surface area contributed by atoms with Crippen molar-refractivity contribution in [2.45, 2.75) is 18.4 Å². The molecule has 28 heavy (non-hydrogen) atoms. The van der Waals surface area contributed by atoms with Crippen molar-refractivity contribution < 1.29 is 19.2 Å². The lowest BCUT2D eigenvalue weighted by molar-refractivity contribution is -0.385. The summed E-state index contributed by atoms with van der Waals surface area (Å²) in [7, 11) is 2.77. The number of esters is 1. The number of fused-ring (bicyclic) bond motifs is 3. The molecule has 0 bridgehead atoms. The number of para-hydroxylation sites is 1. The van der Waals surface area contributed by atoms with Gasteiger partial charge < -0.3 is 14.8 Å². The second kappa shape index (κ2) is 6.99. The van der Waals surface area contributed by atoms with Crippen molar-refractivity contribution in [3.8, 4) is 5.75 Å². The highest BCUT2D eigenvalue weighted by molar-refractivity contribution is 5.97. The molecule has 1 aliphatic carbocycles. The molecule has 0 spiro atoms. The molecule has 0 saturated carbocycles. The third kappa shape index (κ3) is 2.79. The summed E-state index contributed by atoms with van der Waals surface area (Å²) < 4.78 is 10.1. The first kappa shape index (κ1) is 18.0. The van der Waals surface area contributed by atoms with Crippen molar-refractivity contribution in [1.82, 2.24) is 0 Å². The van der Waals surface area contributed by atoms with Crippen LogP contribution in [0.25, 0.3) is 0 Å². The highest BCUT2D eigenvalue weighted by Crippen LogP contribution is 2.51. The maximum atomic E-state index is 12.3. The van der Waals surface area contributed by atoms with Crippen molar-refractivity contribution >= 4 is 17.3 Å². The van der Waals surface area contributed by atoms with Gasteiger partial charge in [0.2, 0.25) is 0 Å². The fourth-order valence-electron chi connectivity index (χ4n) is 4.27. The molecule has 0 fully saturated rings. The summed E-state index contributed by atoms with van der Waals surface area (Å²) in [5.41, 5.74) is 2.95. The van der Waals surface area contributed by atoms with Crippen LogP contribution in [0.4, 0.5) is 11.4 Å². The molecule has 7 nitrogen and oxygen atoms in total. The number of methoxy groups -OCH3 is 2. The van der Waals surface area contributed by atoms with E-state index in [0.29, 0.717) is 5.56 Å². The van der Waals surface area contributed by atoms with Gasteiger partial charge in [0.1, 0.15) is 0 Å². The molecule has 2 aliphatic rings. The zero-order valence-electron chi connectivity index (χ0n) is 15.5. The third-order valence-electron chi connectivity index (χ3n) is 5.56. The monoisotopic (exact) mass is 380 g/mol. The first-order chi connectivity index (χ1) is 13.5. The summed E-state index contributed by atoms with van der Waals surface area (Å²) in [5, 5.41) is 14.9. The lowest BCUT2D eigenvalue weighted by Gasteiger charge is -2.38. The number of nitro groups is 1. The quantitative estimate of drug-likeness (QED) is 0.370. The van der Waals surface area contributed by atoms with Gasteiger partial charge in [-0.3, -0.25) is 10.1 Å². The van der Waals surface area contributed by atoms with E-state index >= 15 is 0 Å². The molecule has 2 aromatic carbocycles. The van der Waals surface area contributed by atoms with Crippen LogP contribution in [0.1, 0.15) is 39.9 Å². The van der Waals surface area contributed by atoms with Gasteiger partial charge in [0.15, 0.2) is 5.75 Å². The molecule has 0 radical (unpaired) electrons. The number of allylic oxidation sites excluding steroid dienone is 2. The topological polar surface area (TPSA) is 90.7 Å². The van der Waals surface area contributed by atoms with E-state index in [0.717, 1.165) is 23.2 Å². The Hall–Kier alpha value is -3.35. The summed E-state index contributed by atoms with van der Waals surface area (Å²) in [6, 6.07) is 10.4. The minimum absolute atomic E-state index is 0.0728. The predicted molar refractivity (Wildman–Crippen MR) is 104 cm³/mol. The predicted octanol–water partition coefficient (Wildman–Crippen LogP) is 4.22. The van der Waals surface area contributed by atoms with Gasteiger partial charge in [-0.1, -0.05) is 30.4 Å². The second-order valence-electron chi connectivity index (χ2n) is 6.93. The van der Waals surface area contributed by atoms with E-state index in [1.165, 1.54) is 14.2 Å². The summed E-state index contributed by atoms with van der Waals surface area (Å²) in [5.74, 6) is 0.144. The number of rotatable bonds is 4. The van der Waals surface area contributed by atoms with E-state index in [9.17, 15) is 14.9 Å². The highest BCUT2D eigenvalue weighted by Gasteiger charge is 2.40. The third-order valence-corrected chi connectivity index (χ3v) is 5.56. The highest BCUT2D eigenvalue weighted by atomic mass is 16.6. The Balaban J connectivity index is 1.82. The number of carbonyl (C=O) groups excluding carboxylic acids is 1. The van der Waals surface area contributed by atoms with Crippen LogP contribution in [0.2, 0.25) is 0 Å². The molecule has 3 atom stereocenters. The van der Waals surface area contributed by atoms with Crippen LogP contribution in [-0.2, 0) is 4.74 Å². The van der Waals surface area contributed by atoms with Gasteiger partial charge in [-0.15, -0.1) is 0 Å². The molecule has 1 heterocycles. The summed E-state index contributed by atoms with van der Waals surface area (Å²) in [6.45, 7) is 0. The van der Waals surface area contributed by atoms with E-state index in [1.54, 1.807) is 18.2 Å². The van der Waals surface area contributed by atoms with Crippen LogP contribution in [0, 0.1) is 16.0 Å². The summed E-state index contributed by atoms with van der Waals surface area (Å²) in [6.07, 6.45) is 5.13. The van der Waals surface area contributed by atoms with Gasteiger partial charge in [0.05, 0.1) is 36.4 Å². The SMILES string of the molecule is COC(=O)c1cccc2c1N[C@H](c1ccc(OC)c([N+](=O)[O-])c1)[C@@H]1CC=C[C@@H]21. The lowest BCUT2D eigenvalue weighted by atomic mass is 9.76. The Morgan fingerprint density at radius 3 is 2.79 bits per heavy atom. The first-order valence-electron chi connectivity index (χ1n) is 9.02. The maximum Gasteiger partial charge on any atom is 0.339 e.